The maximum absolute atomic E-state index is 12.1. The maximum Gasteiger partial charge on any atom is 0.307 e. The molecule has 0 radical (unpaired) electrons. The van der Waals surface area contributed by atoms with Crippen LogP contribution < -0.4 is 4.74 Å². The minimum absolute atomic E-state index is 0.105. The minimum atomic E-state index is -0.730. The highest BCUT2D eigenvalue weighted by molar-refractivity contribution is 9.10. The van der Waals surface area contributed by atoms with Crippen molar-refractivity contribution < 1.29 is 14.6 Å². The SMILES string of the molecule is Cn1ccc(COc2ccc3nc([C@@H]4CCCC[C@H]4C(=O)O)n(Cc4ccc(Br)cc4)c3c2)n1. The Morgan fingerprint density at radius 3 is 2.68 bits per heavy atom. The highest BCUT2D eigenvalue weighted by Gasteiger charge is 2.35. The van der Waals surface area contributed by atoms with Gasteiger partial charge in [-0.15, -0.1) is 0 Å². The molecule has 1 N–H and O–H groups in total. The molecule has 2 aromatic heterocycles. The van der Waals surface area contributed by atoms with Crippen molar-refractivity contribution in [3.8, 4) is 5.75 Å². The molecule has 2 atom stereocenters. The first-order valence-electron chi connectivity index (χ1n) is 11.6. The molecule has 0 amide bonds. The van der Waals surface area contributed by atoms with Crippen molar-refractivity contribution in [2.45, 2.75) is 44.8 Å². The normalized spacial score (nSPS) is 18.3. The van der Waals surface area contributed by atoms with Gasteiger partial charge < -0.3 is 14.4 Å². The summed E-state index contributed by atoms with van der Waals surface area (Å²) in [6.45, 7) is 0.995. The van der Waals surface area contributed by atoms with Crippen molar-refractivity contribution in [3.63, 3.8) is 0 Å². The third-order valence-electron chi connectivity index (χ3n) is 6.57. The highest BCUT2D eigenvalue weighted by Crippen LogP contribution is 2.39. The zero-order valence-electron chi connectivity index (χ0n) is 19.0. The molecule has 176 valence electrons. The third kappa shape index (κ3) is 4.73. The Balaban J connectivity index is 1.54. The highest BCUT2D eigenvalue weighted by atomic mass is 79.9. The van der Waals surface area contributed by atoms with Crippen molar-refractivity contribution in [2.75, 3.05) is 0 Å². The van der Waals surface area contributed by atoms with Crippen molar-refractivity contribution in [1.29, 1.82) is 0 Å². The van der Waals surface area contributed by atoms with E-state index in [1.54, 1.807) is 4.68 Å². The number of aromatic nitrogens is 4. The summed E-state index contributed by atoms with van der Waals surface area (Å²) in [5.74, 6) is 0.347. The zero-order valence-corrected chi connectivity index (χ0v) is 20.6. The smallest absolute Gasteiger partial charge is 0.307 e. The second-order valence-electron chi connectivity index (χ2n) is 8.94. The first-order valence-corrected chi connectivity index (χ1v) is 12.4. The van der Waals surface area contributed by atoms with Crippen LogP contribution in [-0.2, 0) is 25.0 Å². The Morgan fingerprint density at radius 1 is 1.15 bits per heavy atom. The lowest BCUT2D eigenvalue weighted by molar-refractivity contribution is -0.143. The Hall–Kier alpha value is -3.13. The van der Waals surface area contributed by atoms with Gasteiger partial charge >= 0.3 is 5.97 Å². The molecular weight excluding hydrogens is 496 g/mol. The topological polar surface area (TPSA) is 82.2 Å². The molecule has 2 aromatic carbocycles. The number of hydrogen-bond donors (Lipinski definition) is 1. The number of carboxylic acid groups (broad SMARTS) is 1. The van der Waals surface area contributed by atoms with E-state index in [1.807, 2.05) is 49.6 Å². The lowest BCUT2D eigenvalue weighted by Crippen LogP contribution is -2.27. The average molecular weight is 523 g/mol. The largest absolute Gasteiger partial charge is 0.487 e. The molecule has 7 nitrogen and oxygen atoms in total. The van der Waals surface area contributed by atoms with Crippen LogP contribution in [0.25, 0.3) is 11.0 Å². The summed E-state index contributed by atoms with van der Waals surface area (Å²) in [4.78, 5) is 17.0. The van der Waals surface area contributed by atoms with E-state index >= 15 is 0 Å². The first kappa shape index (κ1) is 22.7. The first-order chi connectivity index (χ1) is 16.5. The minimum Gasteiger partial charge on any atom is -0.487 e. The second-order valence-corrected chi connectivity index (χ2v) is 9.85. The number of benzene rings is 2. The van der Waals surface area contributed by atoms with Gasteiger partial charge in [0.25, 0.3) is 0 Å². The van der Waals surface area contributed by atoms with Gasteiger partial charge in [-0.1, -0.05) is 40.9 Å². The van der Waals surface area contributed by atoms with Crippen LogP contribution in [0.2, 0.25) is 0 Å². The van der Waals surface area contributed by atoms with E-state index in [4.69, 9.17) is 9.72 Å². The van der Waals surface area contributed by atoms with E-state index in [9.17, 15) is 9.90 Å². The van der Waals surface area contributed by atoms with Gasteiger partial charge in [0.05, 0.1) is 22.6 Å². The fourth-order valence-electron chi connectivity index (χ4n) is 4.87. The number of halogens is 1. The molecule has 8 heteroatoms. The molecule has 1 saturated carbocycles. The second kappa shape index (κ2) is 9.62. The van der Waals surface area contributed by atoms with Crippen molar-refractivity contribution in [1.82, 2.24) is 19.3 Å². The van der Waals surface area contributed by atoms with Gasteiger partial charge in [0, 0.05) is 36.2 Å². The summed E-state index contributed by atoms with van der Waals surface area (Å²) in [6.07, 6.45) is 5.40. The molecule has 34 heavy (non-hydrogen) atoms. The van der Waals surface area contributed by atoms with Gasteiger partial charge in [0.2, 0.25) is 0 Å². The maximum atomic E-state index is 12.1. The van der Waals surface area contributed by atoms with Gasteiger partial charge in [-0.3, -0.25) is 9.48 Å². The van der Waals surface area contributed by atoms with Crippen LogP contribution >= 0.6 is 15.9 Å². The molecular formula is C26H27BrN4O3. The number of rotatable bonds is 7. The van der Waals surface area contributed by atoms with Gasteiger partial charge in [0.1, 0.15) is 18.2 Å². The van der Waals surface area contributed by atoms with Crippen LogP contribution in [0.5, 0.6) is 5.75 Å². The molecule has 1 aliphatic carbocycles. The number of ether oxygens (including phenoxy) is 1. The molecule has 4 aromatic rings. The summed E-state index contributed by atoms with van der Waals surface area (Å²) in [6, 6.07) is 16.0. The fourth-order valence-corrected chi connectivity index (χ4v) is 5.13. The molecule has 2 heterocycles. The number of hydrogen-bond acceptors (Lipinski definition) is 4. The van der Waals surface area contributed by atoms with Gasteiger partial charge in [-0.25, -0.2) is 4.98 Å². The number of carboxylic acids is 1. The van der Waals surface area contributed by atoms with Crippen LogP contribution in [0.3, 0.4) is 0 Å². The van der Waals surface area contributed by atoms with Crippen molar-refractivity contribution in [3.05, 3.63) is 76.3 Å². The Kier molecular flexibility index (Phi) is 6.41. The van der Waals surface area contributed by atoms with Crippen molar-refractivity contribution >= 4 is 32.9 Å². The van der Waals surface area contributed by atoms with Gasteiger partial charge in [-0.2, -0.15) is 5.10 Å². The van der Waals surface area contributed by atoms with Crippen LogP contribution in [0, 0.1) is 5.92 Å². The third-order valence-corrected chi connectivity index (χ3v) is 7.10. The predicted molar refractivity (Wildman–Crippen MR) is 133 cm³/mol. The van der Waals surface area contributed by atoms with Crippen LogP contribution in [0.1, 0.15) is 48.7 Å². The quantitative estimate of drug-likeness (QED) is 0.345. The lowest BCUT2D eigenvalue weighted by atomic mass is 9.78. The zero-order chi connectivity index (χ0) is 23.7. The molecule has 1 fully saturated rings. The Labute approximate surface area is 206 Å². The van der Waals surface area contributed by atoms with E-state index in [-0.39, 0.29) is 5.92 Å². The summed E-state index contributed by atoms with van der Waals surface area (Å²) >= 11 is 3.50. The van der Waals surface area contributed by atoms with Crippen LogP contribution in [0.4, 0.5) is 0 Å². The molecule has 5 rings (SSSR count). The molecule has 0 saturated heterocycles. The number of aliphatic carboxylic acids is 1. The number of nitrogens with zero attached hydrogens (tertiary/aromatic N) is 4. The standard InChI is InChI=1S/C26H27BrN4O3/c1-30-13-12-19(29-30)16-34-20-10-11-23-24(14-20)31(15-17-6-8-18(27)9-7-17)25(28-23)21-4-2-3-5-22(21)26(32)33/h6-14,21-22H,2-5,15-16H2,1H3,(H,32,33)/t21-,22-/m1/s1. The molecule has 0 unspecified atom stereocenters. The van der Waals surface area contributed by atoms with E-state index in [1.165, 1.54) is 0 Å². The van der Waals surface area contributed by atoms with E-state index < -0.39 is 11.9 Å². The predicted octanol–water partition coefficient (Wildman–Crippen LogP) is 5.52. The summed E-state index contributed by atoms with van der Waals surface area (Å²) in [7, 11) is 1.88. The molecule has 0 bridgehead atoms. The van der Waals surface area contributed by atoms with Crippen LogP contribution in [-0.4, -0.2) is 30.4 Å². The summed E-state index contributed by atoms with van der Waals surface area (Å²) in [5, 5.41) is 14.3. The fraction of sp³-hybridized carbons (Fsp3) is 0.346. The van der Waals surface area contributed by atoms with E-state index in [2.05, 4.69) is 37.7 Å². The van der Waals surface area contributed by atoms with Crippen molar-refractivity contribution in [2.24, 2.45) is 13.0 Å². The van der Waals surface area contributed by atoms with Gasteiger partial charge in [-0.05, 0) is 48.7 Å². The average Bonchev–Trinajstić information content (AvgIpc) is 3.42. The number of fused-ring (bicyclic) bond motifs is 1. The Morgan fingerprint density at radius 2 is 1.94 bits per heavy atom. The van der Waals surface area contributed by atoms with Crippen LogP contribution in [0.15, 0.2) is 59.2 Å². The number of aryl methyl sites for hydroxylation is 1. The molecule has 0 spiro atoms. The Bertz CT molecular complexity index is 1310. The molecule has 1 aliphatic rings. The number of carbonyl (C=O) groups is 1. The number of imidazole rings is 1. The summed E-state index contributed by atoms with van der Waals surface area (Å²) in [5.41, 5.74) is 3.79. The van der Waals surface area contributed by atoms with Gasteiger partial charge in [0.15, 0.2) is 0 Å². The monoisotopic (exact) mass is 522 g/mol. The molecule has 0 aliphatic heterocycles. The van der Waals surface area contributed by atoms with E-state index in [0.29, 0.717) is 19.6 Å². The summed E-state index contributed by atoms with van der Waals surface area (Å²) < 4.78 is 11.0. The lowest BCUT2D eigenvalue weighted by Gasteiger charge is -2.28. The van der Waals surface area contributed by atoms with E-state index in [0.717, 1.165) is 57.6 Å².